The highest BCUT2D eigenvalue weighted by Crippen LogP contribution is 2.33. The molecule has 0 aromatic heterocycles. The maximum atomic E-state index is 12.5. The predicted molar refractivity (Wildman–Crippen MR) is 109 cm³/mol. The highest BCUT2D eigenvalue weighted by molar-refractivity contribution is 5.92. The highest BCUT2D eigenvalue weighted by atomic mass is 16.5. The molecule has 0 spiro atoms. The molecule has 1 aliphatic rings. The average molecular weight is 384 g/mol. The monoisotopic (exact) mass is 384 g/mol. The lowest BCUT2D eigenvalue weighted by molar-refractivity contribution is -0.117. The lowest BCUT2D eigenvalue weighted by Gasteiger charge is -2.29. The summed E-state index contributed by atoms with van der Waals surface area (Å²) in [4.78, 5) is 14.6. The standard InChI is InChI=1S/C22H28N2O4/c1-15(2)28-19-7-5-18(6-8-19)23-22(25)14-24-10-9-16-11-20(26-3)21(27-4)12-17(16)13-24/h5-8,11-12,15H,9-10,13-14H2,1-4H3,(H,23,25). The summed E-state index contributed by atoms with van der Waals surface area (Å²) in [5.74, 6) is 2.24. The summed E-state index contributed by atoms with van der Waals surface area (Å²) >= 11 is 0. The van der Waals surface area contributed by atoms with Gasteiger partial charge in [0.15, 0.2) is 11.5 Å². The summed E-state index contributed by atoms with van der Waals surface area (Å²) in [6, 6.07) is 11.5. The van der Waals surface area contributed by atoms with Crippen LogP contribution in [-0.2, 0) is 17.8 Å². The molecule has 0 bridgehead atoms. The van der Waals surface area contributed by atoms with E-state index in [0.29, 0.717) is 13.1 Å². The summed E-state index contributed by atoms with van der Waals surface area (Å²) in [7, 11) is 3.28. The number of rotatable bonds is 7. The van der Waals surface area contributed by atoms with Crippen molar-refractivity contribution in [3.8, 4) is 17.2 Å². The van der Waals surface area contributed by atoms with Gasteiger partial charge >= 0.3 is 0 Å². The highest BCUT2D eigenvalue weighted by Gasteiger charge is 2.21. The van der Waals surface area contributed by atoms with Crippen LogP contribution in [0.25, 0.3) is 0 Å². The first-order valence-corrected chi connectivity index (χ1v) is 9.51. The molecule has 150 valence electrons. The van der Waals surface area contributed by atoms with Gasteiger partial charge in [-0.15, -0.1) is 0 Å². The third-order valence-electron chi connectivity index (χ3n) is 4.67. The van der Waals surface area contributed by atoms with Gasteiger partial charge in [-0.3, -0.25) is 9.69 Å². The van der Waals surface area contributed by atoms with E-state index in [1.54, 1.807) is 14.2 Å². The molecule has 0 radical (unpaired) electrons. The fourth-order valence-corrected chi connectivity index (χ4v) is 3.37. The van der Waals surface area contributed by atoms with E-state index in [1.807, 2.05) is 50.2 Å². The largest absolute Gasteiger partial charge is 0.493 e. The summed E-state index contributed by atoms with van der Waals surface area (Å²) in [5.41, 5.74) is 3.19. The molecule has 0 saturated heterocycles. The number of methoxy groups -OCH3 is 2. The van der Waals surface area contributed by atoms with E-state index in [1.165, 1.54) is 11.1 Å². The number of carbonyl (C=O) groups excluding carboxylic acids is 1. The Kier molecular flexibility index (Phi) is 6.41. The van der Waals surface area contributed by atoms with Crippen LogP contribution in [0.5, 0.6) is 17.2 Å². The van der Waals surface area contributed by atoms with Crippen LogP contribution in [0, 0.1) is 0 Å². The van der Waals surface area contributed by atoms with Gasteiger partial charge < -0.3 is 19.5 Å². The molecular weight excluding hydrogens is 356 g/mol. The van der Waals surface area contributed by atoms with Crippen LogP contribution in [0.2, 0.25) is 0 Å². The fourth-order valence-electron chi connectivity index (χ4n) is 3.37. The van der Waals surface area contributed by atoms with Crippen LogP contribution < -0.4 is 19.5 Å². The molecule has 0 atom stereocenters. The van der Waals surface area contributed by atoms with Crippen molar-refractivity contribution >= 4 is 11.6 Å². The van der Waals surface area contributed by atoms with E-state index in [-0.39, 0.29) is 12.0 Å². The number of hydrogen-bond acceptors (Lipinski definition) is 5. The molecule has 0 saturated carbocycles. The van der Waals surface area contributed by atoms with Crippen molar-refractivity contribution < 1.29 is 19.0 Å². The second-order valence-corrected chi connectivity index (χ2v) is 7.18. The number of fused-ring (bicyclic) bond motifs is 1. The van der Waals surface area contributed by atoms with Gasteiger partial charge in [-0.1, -0.05) is 0 Å². The zero-order valence-electron chi connectivity index (χ0n) is 17.0. The zero-order chi connectivity index (χ0) is 20.1. The van der Waals surface area contributed by atoms with E-state index < -0.39 is 0 Å². The minimum atomic E-state index is -0.0264. The summed E-state index contributed by atoms with van der Waals surface area (Å²) < 4.78 is 16.4. The third kappa shape index (κ3) is 4.95. The van der Waals surface area contributed by atoms with Crippen molar-refractivity contribution in [1.29, 1.82) is 0 Å². The Morgan fingerprint density at radius 3 is 2.32 bits per heavy atom. The number of anilines is 1. The van der Waals surface area contributed by atoms with Crippen molar-refractivity contribution in [1.82, 2.24) is 4.90 Å². The molecule has 1 amide bonds. The lowest BCUT2D eigenvalue weighted by atomic mass is 9.99. The second-order valence-electron chi connectivity index (χ2n) is 7.18. The Bertz CT molecular complexity index is 818. The fraction of sp³-hybridized carbons (Fsp3) is 0.409. The van der Waals surface area contributed by atoms with Crippen LogP contribution in [0.3, 0.4) is 0 Å². The second kappa shape index (κ2) is 8.97. The number of ether oxygens (including phenoxy) is 3. The van der Waals surface area contributed by atoms with Crippen molar-refractivity contribution in [2.24, 2.45) is 0 Å². The van der Waals surface area contributed by atoms with E-state index in [2.05, 4.69) is 10.2 Å². The molecule has 0 aliphatic carbocycles. The van der Waals surface area contributed by atoms with E-state index in [0.717, 1.165) is 35.9 Å². The molecule has 0 fully saturated rings. The van der Waals surface area contributed by atoms with E-state index in [9.17, 15) is 4.79 Å². The van der Waals surface area contributed by atoms with Crippen molar-refractivity contribution in [2.75, 3.05) is 32.6 Å². The Balaban J connectivity index is 1.58. The average Bonchev–Trinajstić information content (AvgIpc) is 2.67. The maximum Gasteiger partial charge on any atom is 0.238 e. The Labute approximate surface area is 166 Å². The topological polar surface area (TPSA) is 60.0 Å². The van der Waals surface area contributed by atoms with Crippen molar-refractivity contribution in [3.63, 3.8) is 0 Å². The third-order valence-corrected chi connectivity index (χ3v) is 4.67. The summed E-state index contributed by atoms with van der Waals surface area (Å²) in [6.45, 7) is 5.86. The lowest BCUT2D eigenvalue weighted by Crippen LogP contribution is -2.37. The number of nitrogens with one attached hydrogen (secondary N) is 1. The van der Waals surface area contributed by atoms with Gasteiger partial charge in [0.05, 0.1) is 26.9 Å². The van der Waals surface area contributed by atoms with Crippen molar-refractivity contribution in [2.45, 2.75) is 32.9 Å². The van der Waals surface area contributed by atoms with Crippen LogP contribution in [-0.4, -0.2) is 44.2 Å². The first-order valence-electron chi connectivity index (χ1n) is 9.51. The minimum absolute atomic E-state index is 0.0264. The molecule has 6 heteroatoms. The van der Waals surface area contributed by atoms with E-state index in [4.69, 9.17) is 14.2 Å². The quantitative estimate of drug-likeness (QED) is 0.792. The van der Waals surface area contributed by atoms with Gasteiger partial charge in [0, 0.05) is 18.8 Å². The number of carbonyl (C=O) groups is 1. The molecule has 1 N–H and O–H groups in total. The Morgan fingerprint density at radius 1 is 1.07 bits per heavy atom. The number of amides is 1. The van der Waals surface area contributed by atoms with Crippen LogP contribution >= 0.6 is 0 Å². The van der Waals surface area contributed by atoms with Crippen LogP contribution in [0.4, 0.5) is 5.69 Å². The molecule has 28 heavy (non-hydrogen) atoms. The first kappa shape index (κ1) is 20.0. The molecule has 1 aliphatic heterocycles. The number of benzene rings is 2. The maximum absolute atomic E-state index is 12.5. The minimum Gasteiger partial charge on any atom is -0.493 e. The number of hydrogen-bond donors (Lipinski definition) is 1. The molecule has 0 unspecified atom stereocenters. The molecule has 3 rings (SSSR count). The van der Waals surface area contributed by atoms with Gasteiger partial charge in [-0.2, -0.15) is 0 Å². The molecule has 6 nitrogen and oxygen atoms in total. The van der Waals surface area contributed by atoms with E-state index >= 15 is 0 Å². The van der Waals surface area contributed by atoms with Gasteiger partial charge in [-0.05, 0) is 67.8 Å². The van der Waals surface area contributed by atoms with Crippen LogP contribution in [0.15, 0.2) is 36.4 Å². The van der Waals surface area contributed by atoms with Gasteiger partial charge in [0.1, 0.15) is 5.75 Å². The van der Waals surface area contributed by atoms with Crippen LogP contribution in [0.1, 0.15) is 25.0 Å². The SMILES string of the molecule is COc1cc2c(cc1OC)CN(CC(=O)Nc1ccc(OC(C)C)cc1)CC2. The summed E-state index contributed by atoms with van der Waals surface area (Å²) in [5, 5.41) is 2.95. The first-order chi connectivity index (χ1) is 13.5. The molecular formula is C22H28N2O4. The molecule has 2 aromatic carbocycles. The van der Waals surface area contributed by atoms with Gasteiger partial charge in [0.2, 0.25) is 5.91 Å². The smallest absolute Gasteiger partial charge is 0.238 e. The zero-order valence-corrected chi connectivity index (χ0v) is 17.0. The predicted octanol–water partition coefficient (Wildman–Crippen LogP) is 3.49. The Morgan fingerprint density at radius 2 is 1.71 bits per heavy atom. The summed E-state index contributed by atoms with van der Waals surface area (Å²) in [6.07, 6.45) is 1.01. The molecule has 1 heterocycles. The Hall–Kier alpha value is -2.73. The number of nitrogens with zero attached hydrogens (tertiary/aromatic N) is 1. The van der Waals surface area contributed by atoms with Gasteiger partial charge in [-0.25, -0.2) is 0 Å². The van der Waals surface area contributed by atoms with Crippen molar-refractivity contribution in [3.05, 3.63) is 47.5 Å². The van der Waals surface area contributed by atoms with Gasteiger partial charge in [0.25, 0.3) is 0 Å². The molecule has 2 aromatic rings. The normalized spacial score (nSPS) is 13.8.